The van der Waals surface area contributed by atoms with Crippen LogP contribution in [0.4, 0.5) is 24.7 Å². The second kappa shape index (κ2) is 10.4. The molecule has 3 heterocycles. The van der Waals surface area contributed by atoms with Gasteiger partial charge in [0.25, 0.3) is 5.91 Å². The lowest BCUT2D eigenvalue weighted by Gasteiger charge is -2.21. The Morgan fingerprint density at radius 2 is 2.00 bits per heavy atom. The molecule has 1 atom stereocenters. The van der Waals surface area contributed by atoms with Gasteiger partial charge >= 0.3 is 6.18 Å². The first-order chi connectivity index (χ1) is 17.1. The highest BCUT2D eigenvalue weighted by Gasteiger charge is 2.33. The molecule has 3 aromatic rings. The van der Waals surface area contributed by atoms with E-state index < -0.39 is 36.4 Å². The van der Waals surface area contributed by atoms with E-state index >= 15 is 0 Å². The van der Waals surface area contributed by atoms with Crippen LogP contribution in [0.2, 0.25) is 0 Å². The maximum absolute atomic E-state index is 13.0. The number of likely N-dealkylation sites (N-methyl/N-ethyl adjacent to an activating group) is 1. The first-order valence-electron chi connectivity index (χ1n) is 10.6. The summed E-state index contributed by atoms with van der Waals surface area (Å²) in [5, 5.41) is 11.4. The zero-order valence-electron chi connectivity index (χ0n) is 18.8. The number of aromatic nitrogens is 4. The minimum atomic E-state index is -4.66. The van der Waals surface area contributed by atoms with Gasteiger partial charge in [0.2, 0.25) is 17.6 Å². The summed E-state index contributed by atoms with van der Waals surface area (Å²) in [7, 11) is 1.46. The number of rotatable bonds is 6. The fourth-order valence-electron chi connectivity index (χ4n) is 3.43. The Labute approximate surface area is 207 Å². The lowest BCUT2D eigenvalue weighted by atomic mass is 10.1. The third kappa shape index (κ3) is 6.19. The molecule has 0 saturated heterocycles. The predicted molar refractivity (Wildman–Crippen MR) is 125 cm³/mol. The molecule has 0 fully saturated rings. The van der Waals surface area contributed by atoms with Gasteiger partial charge in [-0.1, -0.05) is 30.3 Å². The van der Waals surface area contributed by atoms with Crippen molar-refractivity contribution in [1.29, 1.82) is 0 Å². The van der Waals surface area contributed by atoms with Crippen LogP contribution in [-0.4, -0.2) is 62.9 Å². The largest absolute Gasteiger partial charge is 0.397 e. The highest BCUT2D eigenvalue weighted by Crippen LogP contribution is 2.35. The highest BCUT2D eigenvalue weighted by molar-refractivity contribution is 7.99. The molecule has 10 nitrogen and oxygen atoms in total. The van der Waals surface area contributed by atoms with E-state index in [4.69, 9.17) is 0 Å². The van der Waals surface area contributed by atoms with Gasteiger partial charge in [-0.15, -0.1) is 16.9 Å². The van der Waals surface area contributed by atoms with Crippen molar-refractivity contribution in [2.75, 3.05) is 23.0 Å². The number of carbonyl (C=O) groups excluding carboxylic acids is 3. The number of carbonyl (C=O) groups is 3. The molecule has 1 aliphatic heterocycles. The molecular weight excluding hydrogens is 499 g/mol. The quantitative estimate of drug-likeness (QED) is 0.456. The lowest BCUT2D eigenvalue weighted by molar-refractivity contribution is -0.150. The Morgan fingerprint density at radius 3 is 2.72 bits per heavy atom. The van der Waals surface area contributed by atoms with Crippen LogP contribution >= 0.6 is 11.8 Å². The van der Waals surface area contributed by atoms with Crippen molar-refractivity contribution in [3.8, 4) is 0 Å². The fourth-order valence-corrected chi connectivity index (χ4v) is 4.47. The highest BCUT2D eigenvalue weighted by atomic mass is 32.2. The topological polar surface area (TPSA) is 133 Å². The summed E-state index contributed by atoms with van der Waals surface area (Å²) in [5.41, 5.74) is 1.32. The van der Waals surface area contributed by atoms with Gasteiger partial charge in [-0.2, -0.15) is 13.2 Å². The van der Waals surface area contributed by atoms with Crippen molar-refractivity contribution in [3.63, 3.8) is 0 Å². The van der Waals surface area contributed by atoms with E-state index in [1.165, 1.54) is 36.0 Å². The van der Waals surface area contributed by atoms with Gasteiger partial charge in [-0.3, -0.25) is 19.5 Å². The number of benzene rings is 1. The molecule has 14 heteroatoms. The second-order valence-electron chi connectivity index (χ2n) is 7.88. The van der Waals surface area contributed by atoms with Crippen molar-refractivity contribution in [3.05, 3.63) is 59.8 Å². The van der Waals surface area contributed by atoms with Crippen molar-refractivity contribution in [1.82, 2.24) is 25.5 Å². The normalized spacial score (nSPS) is 15.7. The standard InChI is InChI=1S/C22H20F3N7O3S/c1-32-14-8-16(28-18(33)9-22(23,24)25)26-10-15(14)36-11-13(21(32)35)27-20(34)19-29-17(30-31-19)7-12-5-3-2-4-6-12/h2-6,8,10,13H,7,9,11H2,1H3,(H,27,34)(H,26,28,33)(H,29,30,31)/t13-/m0/s1. The summed E-state index contributed by atoms with van der Waals surface area (Å²) in [6.07, 6.45) is -4.51. The van der Waals surface area contributed by atoms with E-state index in [-0.39, 0.29) is 17.4 Å². The number of fused-ring (bicyclic) bond motifs is 1. The lowest BCUT2D eigenvalue weighted by Crippen LogP contribution is -2.48. The average Bonchev–Trinajstić information content (AvgIpc) is 3.25. The summed E-state index contributed by atoms with van der Waals surface area (Å²) in [4.78, 5) is 47.3. The summed E-state index contributed by atoms with van der Waals surface area (Å²) >= 11 is 1.23. The van der Waals surface area contributed by atoms with Crippen LogP contribution in [0.15, 0.2) is 47.5 Å². The predicted octanol–water partition coefficient (Wildman–Crippen LogP) is 2.55. The van der Waals surface area contributed by atoms with E-state index in [0.717, 1.165) is 5.56 Å². The van der Waals surface area contributed by atoms with Crippen LogP contribution in [0.1, 0.15) is 28.4 Å². The number of H-pyrrole nitrogens is 1. The maximum atomic E-state index is 13.0. The van der Waals surface area contributed by atoms with Crippen molar-refractivity contribution < 1.29 is 27.6 Å². The third-order valence-corrected chi connectivity index (χ3v) is 6.25. The third-order valence-electron chi connectivity index (χ3n) is 5.13. The number of hydrogen-bond donors (Lipinski definition) is 3. The number of amides is 3. The molecule has 0 spiro atoms. The molecule has 0 radical (unpaired) electrons. The van der Waals surface area contributed by atoms with Gasteiger partial charge in [0.1, 0.15) is 24.1 Å². The molecule has 1 aliphatic rings. The molecule has 1 aromatic carbocycles. The van der Waals surface area contributed by atoms with Gasteiger partial charge in [0, 0.05) is 36.4 Å². The minimum absolute atomic E-state index is 0.112. The number of hydrogen-bond acceptors (Lipinski definition) is 7. The molecule has 0 bridgehead atoms. The van der Waals surface area contributed by atoms with Gasteiger partial charge < -0.3 is 15.5 Å². The number of halogens is 3. The monoisotopic (exact) mass is 519 g/mol. The van der Waals surface area contributed by atoms with Crippen LogP contribution in [0.5, 0.6) is 0 Å². The van der Waals surface area contributed by atoms with E-state index in [9.17, 15) is 27.6 Å². The molecule has 188 valence electrons. The number of nitrogens with one attached hydrogen (secondary N) is 3. The Morgan fingerprint density at radius 1 is 1.25 bits per heavy atom. The van der Waals surface area contributed by atoms with Crippen molar-refractivity contribution in [2.45, 2.75) is 30.0 Å². The van der Waals surface area contributed by atoms with E-state index in [1.807, 2.05) is 30.3 Å². The molecule has 0 aliphatic carbocycles. The second-order valence-corrected chi connectivity index (χ2v) is 8.94. The summed E-state index contributed by atoms with van der Waals surface area (Å²) in [6.45, 7) is 0. The Bertz CT molecular complexity index is 1280. The molecule has 3 amide bonds. The molecule has 36 heavy (non-hydrogen) atoms. The number of nitrogens with zero attached hydrogens (tertiary/aromatic N) is 4. The number of alkyl halides is 3. The fraction of sp³-hybridized carbons (Fsp3) is 0.273. The van der Waals surface area contributed by atoms with E-state index in [1.54, 1.807) is 0 Å². The van der Waals surface area contributed by atoms with Crippen molar-refractivity contribution in [2.24, 2.45) is 0 Å². The van der Waals surface area contributed by atoms with Gasteiger partial charge in [0.15, 0.2) is 0 Å². The van der Waals surface area contributed by atoms with E-state index in [0.29, 0.717) is 22.8 Å². The summed E-state index contributed by atoms with van der Waals surface area (Å²) in [6, 6.07) is 9.87. The molecule has 4 rings (SSSR count). The summed E-state index contributed by atoms with van der Waals surface area (Å²) in [5.74, 6) is -1.95. The Kier molecular flexibility index (Phi) is 7.24. The van der Waals surface area contributed by atoms with Crippen molar-refractivity contribution >= 4 is 41.0 Å². The molecule has 0 unspecified atom stereocenters. The van der Waals surface area contributed by atoms with Gasteiger partial charge in [0.05, 0.1) is 5.69 Å². The zero-order valence-corrected chi connectivity index (χ0v) is 19.6. The number of thioether (sulfide) groups is 1. The molecule has 2 aromatic heterocycles. The SMILES string of the molecule is CN1C(=O)[C@@H](NC(=O)c2n[nH]c(Cc3ccccc3)n2)CSc2cnc(NC(=O)CC(F)(F)F)cc21. The van der Waals surface area contributed by atoms with Gasteiger partial charge in [-0.25, -0.2) is 9.97 Å². The van der Waals surface area contributed by atoms with Crippen LogP contribution in [-0.2, 0) is 16.0 Å². The van der Waals surface area contributed by atoms with Crippen LogP contribution in [0.3, 0.4) is 0 Å². The molecular formula is C22H20F3N7O3S. The van der Waals surface area contributed by atoms with E-state index in [2.05, 4.69) is 30.8 Å². The van der Waals surface area contributed by atoms with Gasteiger partial charge in [-0.05, 0) is 5.56 Å². The Balaban J connectivity index is 1.42. The zero-order chi connectivity index (χ0) is 25.9. The minimum Gasteiger partial charge on any atom is -0.337 e. The number of anilines is 2. The number of aromatic amines is 1. The summed E-state index contributed by atoms with van der Waals surface area (Å²) < 4.78 is 37.3. The first-order valence-corrected chi connectivity index (χ1v) is 11.6. The Hall–Kier alpha value is -3.94. The smallest absolute Gasteiger partial charge is 0.337 e. The van der Waals surface area contributed by atoms with Crippen LogP contribution in [0.25, 0.3) is 0 Å². The van der Waals surface area contributed by atoms with Crippen LogP contribution < -0.4 is 15.5 Å². The maximum Gasteiger partial charge on any atom is 0.397 e. The first kappa shape index (κ1) is 25.2. The molecule has 3 N–H and O–H groups in total. The average molecular weight is 520 g/mol. The van der Waals surface area contributed by atoms with Crippen LogP contribution in [0, 0.1) is 0 Å². The number of pyridine rings is 1. The molecule has 0 saturated carbocycles.